The highest BCUT2D eigenvalue weighted by atomic mass is 32.2. The summed E-state index contributed by atoms with van der Waals surface area (Å²) in [6.07, 6.45) is 0.808. The van der Waals surface area contributed by atoms with Crippen LogP contribution >= 0.6 is 0 Å². The molecule has 0 N–H and O–H groups in total. The van der Waals surface area contributed by atoms with Crippen LogP contribution in [0.2, 0.25) is 0 Å². The van der Waals surface area contributed by atoms with Crippen LogP contribution in [0.25, 0.3) is 12.2 Å². The van der Waals surface area contributed by atoms with Crippen molar-refractivity contribution < 1.29 is 26.3 Å². The minimum atomic E-state index is -4.52. The number of hydrogen-bond donors (Lipinski definition) is 0. The molecular formula is C23H21F3N2O3S. The maximum absolute atomic E-state index is 13.4. The lowest BCUT2D eigenvalue weighted by molar-refractivity contribution is -0.131. The van der Waals surface area contributed by atoms with E-state index in [4.69, 9.17) is 4.74 Å². The van der Waals surface area contributed by atoms with E-state index < -0.39 is 29.2 Å². The summed E-state index contributed by atoms with van der Waals surface area (Å²) in [6.45, 7) is -0.752. The van der Waals surface area contributed by atoms with Crippen LogP contribution in [0.15, 0.2) is 78.0 Å². The Morgan fingerprint density at radius 2 is 1.62 bits per heavy atom. The Kier molecular flexibility index (Phi) is 7.19. The zero-order valence-electron chi connectivity index (χ0n) is 17.2. The first-order valence-corrected chi connectivity index (χ1v) is 11.1. The molecule has 0 aliphatic carbocycles. The fourth-order valence-electron chi connectivity index (χ4n) is 2.99. The predicted octanol–water partition coefficient (Wildman–Crippen LogP) is 5.41. The Morgan fingerprint density at radius 3 is 2.25 bits per heavy atom. The molecule has 0 saturated heterocycles. The number of aromatic nitrogens is 1. The molecule has 0 aliphatic heterocycles. The number of pyridine rings is 1. The van der Waals surface area contributed by atoms with Gasteiger partial charge in [0.05, 0.1) is 24.1 Å². The molecule has 0 radical (unpaired) electrons. The second kappa shape index (κ2) is 9.86. The molecule has 0 amide bonds. The molecule has 168 valence electrons. The number of anilines is 1. The van der Waals surface area contributed by atoms with Crippen molar-refractivity contribution in [2.24, 2.45) is 0 Å². The van der Waals surface area contributed by atoms with Crippen LogP contribution in [-0.2, 0) is 10.0 Å². The number of sulfonamides is 1. The van der Waals surface area contributed by atoms with E-state index in [-0.39, 0.29) is 10.6 Å². The maximum Gasteiger partial charge on any atom is 0.390 e. The summed E-state index contributed by atoms with van der Waals surface area (Å²) in [4.78, 5) is 3.80. The van der Waals surface area contributed by atoms with Gasteiger partial charge in [-0.25, -0.2) is 8.42 Å². The van der Waals surface area contributed by atoms with E-state index in [1.54, 1.807) is 54.9 Å². The molecule has 2 aromatic carbocycles. The van der Waals surface area contributed by atoms with Gasteiger partial charge in [-0.2, -0.15) is 13.2 Å². The van der Waals surface area contributed by atoms with Crippen molar-refractivity contribution in [3.63, 3.8) is 0 Å². The molecule has 0 unspecified atom stereocenters. The molecule has 3 rings (SSSR count). The van der Waals surface area contributed by atoms with Gasteiger partial charge in [0.2, 0.25) is 0 Å². The van der Waals surface area contributed by atoms with Crippen molar-refractivity contribution in [1.82, 2.24) is 4.98 Å². The molecular weight excluding hydrogens is 441 g/mol. The number of benzene rings is 2. The Bertz CT molecular complexity index is 1160. The summed E-state index contributed by atoms with van der Waals surface area (Å²) in [5.74, 6) is 0.437. The smallest absolute Gasteiger partial charge is 0.390 e. The number of hydrogen-bond acceptors (Lipinski definition) is 4. The lowest BCUT2D eigenvalue weighted by atomic mass is 10.1. The molecule has 1 heterocycles. The monoisotopic (exact) mass is 462 g/mol. The first-order valence-electron chi connectivity index (χ1n) is 9.61. The zero-order chi connectivity index (χ0) is 23.2. The molecule has 0 fully saturated rings. The van der Waals surface area contributed by atoms with Crippen LogP contribution in [0.5, 0.6) is 5.75 Å². The topological polar surface area (TPSA) is 59.5 Å². The first-order chi connectivity index (χ1) is 15.2. The number of halogens is 3. The minimum Gasteiger partial charge on any atom is -0.497 e. The first kappa shape index (κ1) is 23.3. The van der Waals surface area contributed by atoms with E-state index in [2.05, 4.69) is 4.98 Å². The summed E-state index contributed by atoms with van der Waals surface area (Å²) < 4.78 is 71.7. The van der Waals surface area contributed by atoms with Crippen molar-refractivity contribution in [3.8, 4) is 5.75 Å². The molecule has 9 heteroatoms. The predicted molar refractivity (Wildman–Crippen MR) is 118 cm³/mol. The van der Waals surface area contributed by atoms with Crippen LogP contribution in [0.3, 0.4) is 0 Å². The summed E-state index contributed by atoms with van der Waals surface area (Å²) in [5.41, 5.74) is 1.43. The van der Waals surface area contributed by atoms with E-state index in [9.17, 15) is 21.6 Å². The van der Waals surface area contributed by atoms with E-state index in [0.29, 0.717) is 11.3 Å². The van der Waals surface area contributed by atoms with Crippen LogP contribution in [0.1, 0.15) is 17.5 Å². The molecule has 5 nitrogen and oxygen atoms in total. The van der Waals surface area contributed by atoms with Gasteiger partial charge < -0.3 is 4.74 Å². The average molecular weight is 462 g/mol. The Balaban J connectivity index is 2.05. The van der Waals surface area contributed by atoms with E-state index >= 15 is 0 Å². The minimum absolute atomic E-state index is 0.131. The molecule has 0 atom stereocenters. The lowest BCUT2D eigenvalue weighted by Crippen LogP contribution is -2.34. The summed E-state index contributed by atoms with van der Waals surface area (Å²) in [6, 6.07) is 15.5. The Hall–Kier alpha value is -3.33. The largest absolute Gasteiger partial charge is 0.497 e. The molecule has 0 aliphatic rings. The highest BCUT2D eigenvalue weighted by Crippen LogP contribution is 2.31. The highest BCUT2D eigenvalue weighted by Gasteiger charge is 2.33. The van der Waals surface area contributed by atoms with Crippen molar-refractivity contribution in [3.05, 3.63) is 84.2 Å². The van der Waals surface area contributed by atoms with Crippen molar-refractivity contribution in [1.29, 1.82) is 0 Å². The number of ether oxygens (including phenoxy) is 1. The second-order valence-electron chi connectivity index (χ2n) is 6.79. The fourth-order valence-corrected chi connectivity index (χ4v) is 4.48. The third-order valence-corrected chi connectivity index (χ3v) is 6.44. The fraction of sp³-hybridized carbons (Fsp3) is 0.174. The van der Waals surface area contributed by atoms with Crippen molar-refractivity contribution in [2.45, 2.75) is 17.5 Å². The van der Waals surface area contributed by atoms with Gasteiger partial charge >= 0.3 is 6.18 Å². The molecule has 0 bridgehead atoms. The van der Waals surface area contributed by atoms with E-state index in [1.807, 2.05) is 0 Å². The second-order valence-corrected chi connectivity index (χ2v) is 8.65. The summed E-state index contributed by atoms with van der Waals surface area (Å²) >= 11 is 0. The van der Waals surface area contributed by atoms with Gasteiger partial charge in [-0.3, -0.25) is 9.29 Å². The van der Waals surface area contributed by atoms with Gasteiger partial charge in [-0.05, 0) is 53.6 Å². The van der Waals surface area contributed by atoms with Gasteiger partial charge in [0.25, 0.3) is 10.0 Å². The Morgan fingerprint density at radius 1 is 0.969 bits per heavy atom. The van der Waals surface area contributed by atoms with E-state index in [0.717, 1.165) is 9.87 Å². The van der Waals surface area contributed by atoms with Crippen LogP contribution in [-0.4, -0.2) is 33.2 Å². The number of rotatable bonds is 8. The van der Waals surface area contributed by atoms with Gasteiger partial charge in [-0.1, -0.05) is 30.4 Å². The van der Waals surface area contributed by atoms with Crippen molar-refractivity contribution >= 4 is 27.9 Å². The summed E-state index contributed by atoms with van der Waals surface area (Å²) in [7, 11) is -2.84. The number of alkyl halides is 3. The van der Waals surface area contributed by atoms with Gasteiger partial charge in [0, 0.05) is 18.9 Å². The number of para-hydroxylation sites is 1. The SMILES string of the molecule is COc1ccc(S(=O)(=O)N(CCC(F)(F)F)c2ccccc2/C=C/c2ccncc2)cc1. The molecule has 0 saturated carbocycles. The maximum atomic E-state index is 13.4. The van der Waals surface area contributed by atoms with Gasteiger partial charge in [0.15, 0.2) is 0 Å². The normalized spacial score (nSPS) is 12.1. The zero-order valence-corrected chi connectivity index (χ0v) is 18.0. The van der Waals surface area contributed by atoms with Crippen molar-refractivity contribution in [2.75, 3.05) is 18.0 Å². The standard InChI is InChI=1S/C23H21F3N2O3S/c1-31-20-8-10-21(11-9-20)32(29,30)28(17-14-23(24,25)26)22-5-3-2-4-19(22)7-6-18-12-15-27-16-13-18/h2-13,15-16H,14,17H2,1H3/b7-6+. The molecule has 0 spiro atoms. The molecule has 3 aromatic rings. The lowest BCUT2D eigenvalue weighted by Gasteiger charge is -2.26. The van der Waals surface area contributed by atoms with Crippen LogP contribution in [0, 0.1) is 0 Å². The molecule has 32 heavy (non-hydrogen) atoms. The van der Waals surface area contributed by atoms with E-state index in [1.165, 1.54) is 37.4 Å². The molecule has 1 aromatic heterocycles. The average Bonchev–Trinajstić information content (AvgIpc) is 2.78. The van der Waals surface area contributed by atoms with Gasteiger partial charge in [0.1, 0.15) is 5.75 Å². The quantitative estimate of drug-likeness (QED) is 0.449. The third kappa shape index (κ3) is 5.88. The third-order valence-electron chi connectivity index (χ3n) is 4.61. The van der Waals surface area contributed by atoms with Crippen LogP contribution < -0.4 is 9.04 Å². The Labute approximate surface area is 184 Å². The highest BCUT2D eigenvalue weighted by molar-refractivity contribution is 7.92. The summed E-state index contributed by atoms with van der Waals surface area (Å²) in [5, 5.41) is 0. The number of methoxy groups -OCH3 is 1. The number of nitrogens with zero attached hydrogens (tertiary/aromatic N) is 2. The van der Waals surface area contributed by atoms with Gasteiger partial charge in [-0.15, -0.1) is 0 Å². The van der Waals surface area contributed by atoms with Crippen LogP contribution in [0.4, 0.5) is 18.9 Å².